The summed E-state index contributed by atoms with van der Waals surface area (Å²) in [7, 11) is 4.05. The van der Waals surface area contributed by atoms with Gasteiger partial charge in [0, 0.05) is 31.2 Å². The number of thiazole rings is 1. The fraction of sp³-hybridized carbons (Fsp3) is 0.500. The lowest BCUT2D eigenvalue weighted by molar-refractivity contribution is -0.131. The van der Waals surface area contributed by atoms with Gasteiger partial charge in [0.15, 0.2) is 0 Å². The Morgan fingerprint density at radius 2 is 2.04 bits per heavy atom. The van der Waals surface area contributed by atoms with E-state index >= 15 is 0 Å². The van der Waals surface area contributed by atoms with Crippen molar-refractivity contribution in [2.75, 3.05) is 33.7 Å². The Morgan fingerprint density at radius 1 is 1.25 bits per heavy atom. The number of carbonyl (C=O) groups excluding carboxylic acids is 1. The molecule has 0 aromatic carbocycles. The quantitative estimate of drug-likeness (QED) is 0.737. The van der Waals surface area contributed by atoms with Crippen molar-refractivity contribution < 1.29 is 4.79 Å². The third-order valence-electron chi connectivity index (χ3n) is 3.52. The molecule has 0 aliphatic rings. The lowest BCUT2D eigenvalue weighted by atomic mass is 10.2. The molecule has 24 heavy (non-hydrogen) atoms. The summed E-state index contributed by atoms with van der Waals surface area (Å²) in [5.74, 6) is 0.596. The van der Waals surface area contributed by atoms with Crippen LogP contribution in [-0.4, -0.2) is 59.4 Å². The highest BCUT2D eigenvalue weighted by Gasteiger charge is 2.17. The van der Waals surface area contributed by atoms with Crippen LogP contribution in [0.15, 0.2) is 29.8 Å². The summed E-state index contributed by atoms with van der Waals surface area (Å²) < 4.78 is 0. The van der Waals surface area contributed by atoms with Crippen LogP contribution in [-0.2, 0) is 11.2 Å². The number of hydrogen-bond acceptors (Lipinski definition) is 5. The molecule has 2 aromatic rings. The molecule has 0 N–H and O–H groups in total. The van der Waals surface area contributed by atoms with Gasteiger partial charge in [0.25, 0.3) is 0 Å². The van der Waals surface area contributed by atoms with E-state index in [1.807, 2.05) is 42.6 Å². The summed E-state index contributed by atoms with van der Waals surface area (Å²) in [6, 6.07) is 5.77. The molecule has 0 atom stereocenters. The van der Waals surface area contributed by atoms with Crippen LogP contribution in [0.5, 0.6) is 0 Å². The van der Waals surface area contributed by atoms with E-state index in [1.54, 1.807) is 6.20 Å². The zero-order chi connectivity index (χ0) is 17.5. The second-order valence-electron chi connectivity index (χ2n) is 6.57. The Hall–Kier alpha value is -1.79. The van der Waals surface area contributed by atoms with Crippen LogP contribution < -0.4 is 0 Å². The topological polar surface area (TPSA) is 49.3 Å². The number of aromatic nitrogens is 2. The summed E-state index contributed by atoms with van der Waals surface area (Å²) in [5.41, 5.74) is 1.68. The highest BCUT2D eigenvalue weighted by atomic mass is 32.1. The fourth-order valence-electron chi connectivity index (χ4n) is 2.34. The lowest BCUT2D eigenvalue weighted by Crippen LogP contribution is -2.39. The van der Waals surface area contributed by atoms with Gasteiger partial charge in [0.1, 0.15) is 5.01 Å². The van der Waals surface area contributed by atoms with Crippen LogP contribution in [0.25, 0.3) is 10.7 Å². The normalized spacial score (nSPS) is 11.2. The molecule has 0 saturated heterocycles. The number of amides is 1. The molecular formula is C18H26N4OS. The number of hydrogen-bond donors (Lipinski definition) is 0. The first-order valence-electron chi connectivity index (χ1n) is 8.24. The van der Waals surface area contributed by atoms with E-state index in [9.17, 15) is 4.79 Å². The smallest absolute Gasteiger partial charge is 0.228 e. The van der Waals surface area contributed by atoms with Gasteiger partial charge in [-0.15, -0.1) is 11.3 Å². The van der Waals surface area contributed by atoms with Crippen molar-refractivity contribution >= 4 is 17.2 Å². The monoisotopic (exact) mass is 346 g/mol. The van der Waals surface area contributed by atoms with Crippen LogP contribution in [0.1, 0.15) is 19.5 Å². The van der Waals surface area contributed by atoms with E-state index in [4.69, 9.17) is 0 Å². The summed E-state index contributed by atoms with van der Waals surface area (Å²) in [6.45, 7) is 6.68. The minimum absolute atomic E-state index is 0.142. The van der Waals surface area contributed by atoms with E-state index in [2.05, 4.69) is 28.7 Å². The van der Waals surface area contributed by atoms with Crippen LogP contribution in [0.2, 0.25) is 0 Å². The minimum atomic E-state index is 0.142. The van der Waals surface area contributed by atoms with Crippen molar-refractivity contribution in [3.8, 4) is 10.7 Å². The van der Waals surface area contributed by atoms with Gasteiger partial charge in [-0.3, -0.25) is 9.78 Å². The minimum Gasteiger partial charge on any atom is -0.341 e. The summed E-state index contributed by atoms with van der Waals surface area (Å²) >= 11 is 1.54. The molecule has 0 fully saturated rings. The zero-order valence-electron chi connectivity index (χ0n) is 14.9. The Morgan fingerprint density at radius 3 is 2.67 bits per heavy atom. The molecule has 0 spiro atoms. The van der Waals surface area contributed by atoms with Crippen LogP contribution in [0.3, 0.4) is 0 Å². The number of rotatable bonds is 8. The maximum Gasteiger partial charge on any atom is 0.228 e. The van der Waals surface area contributed by atoms with Crippen molar-refractivity contribution in [2.24, 2.45) is 5.92 Å². The van der Waals surface area contributed by atoms with Crippen molar-refractivity contribution in [2.45, 2.75) is 20.3 Å². The van der Waals surface area contributed by atoms with E-state index in [1.165, 1.54) is 11.3 Å². The third-order valence-corrected chi connectivity index (χ3v) is 4.44. The van der Waals surface area contributed by atoms with Crippen LogP contribution in [0, 0.1) is 5.92 Å². The fourth-order valence-corrected chi connectivity index (χ4v) is 3.14. The SMILES string of the molecule is CC(C)CN(CCN(C)C)C(=O)Cc1csc(-c2ccccn2)n1. The number of pyridine rings is 1. The number of nitrogens with zero attached hydrogens (tertiary/aromatic N) is 4. The lowest BCUT2D eigenvalue weighted by Gasteiger charge is -2.26. The van der Waals surface area contributed by atoms with Gasteiger partial charge < -0.3 is 9.80 Å². The van der Waals surface area contributed by atoms with Gasteiger partial charge >= 0.3 is 0 Å². The molecule has 0 unspecified atom stereocenters. The van der Waals surface area contributed by atoms with Gasteiger partial charge in [-0.05, 0) is 32.1 Å². The van der Waals surface area contributed by atoms with Crippen molar-refractivity contribution in [3.05, 3.63) is 35.5 Å². The highest BCUT2D eigenvalue weighted by molar-refractivity contribution is 7.13. The molecular weight excluding hydrogens is 320 g/mol. The molecule has 2 aromatic heterocycles. The average Bonchev–Trinajstić information content (AvgIpc) is 3.00. The molecule has 5 nitrogen and oxygen atoms in total. The maximum atomic E-state index is 12.7. The van der Waals surface area contributed by atoms with Crippen LogP contribution >= 0.6 is 11.3 Å². The van der Waals surface area contributed by atoms with E-state index in [0.717, 1.165) is 36.0 Å². The Labute approximate surface area is 148 Å². The van der Waals surface area contributed by atoms with Crippen LogP contribution in [0.4, 0.5) is 0 Å². The van der Waals surface area contributed by atoms with Crippen molar-refractivity contribution in [1.29, 1.82) is 0 Å². The Bertz CT molecular complexity index is 639. The first kappa shape index (κ1) is 18.5. The molecule has 0 saturated carbocycles. The summed E-state index contributed by atoms with van der Waals surface area (Å²) in [5, 5.41) is 2.82. The largest absolute Gasteiger partial charge is 0.341 e. The second-order valence-corrected chi connectivity index (χ2v) is 7.43. The molecule has 1 amide bonds. The average molecular weight is 346 g/mol. The highest BCUT2D eigenvalue weighted by Crippen LogP contribution is 2.21. The first-order chi connectivity index (χ1) is 11.5. The van der Waals surface area contributed by atoms with Gasteiger partial charge in [0.2, 0.25) is 5.91 Å². The number of likely N-dealkylation sites (N-methyl/N-ethyl adjacent to an activating group) is 1. The van der Waals surface area contributed by atoms with E-state index in [0.29, 0.717) is 12.3 Å². The predicted octanol–water partition coefficient (Wildman–Crippen LogP) is 2.79. The molecule has 130 valence electrons. The Kier molecular flexibility index (Phi) is 6.87. The van der Waals surface area contributed by atoms with Gasteiger partial charge in [0.05, 0.1) is 17.8 Å². The molecule has 0 aliphatic carbocycles. The molecule has 0 aliphatic heterocycles. The number of carbonyl (C=O) groups is 1. The predicted molar refractivity (Wildman–Crippen MR) is 99.0 cm³/mol. The maximum absolute atomic E-state index is 12.7. The Balaban J connectivity index is 2.02. The zero-order valence-corrected chi connectivity index (χ0v) is 15.7. The van der Waals surface area contributed by atoms with Gasteiger partial charge in [-0.1, -0.05) is 19.9 Å². The molecule has 2 rings (SSSR count). The van der Waals surface area contributed by atoms with Crippen molar-refractivity contribution in [3.63, 3.8) is 0 Å². The first-order valence-corrected chi connectivity index (χ1v) is 9.12. The van der Waals surface area contributed by atoms with Gasteiger partial charge in [-0.2, -0.15) is 0 Å². The third kappa shape index (κ3) is 5.69. The molecule has 2 heterocycles. The van der Waals surface area contributed by atoms with Crippen molar-refractivity contribution in [1.82, 2.24) is 19.8 Å². The summed E-state index contributed by atoms with van der Waals surface area (Å²) in [4.78, 5) is 25.6. The van der Waals surface area contributed by atoms with Gasteiger partial charge in [-0.25, -0.2) is 4.98 Å². The summed E-state index contributed by atoms with van der Waals surface area (Å²) in [6.07, 6.45) is 2.11. The molecule has 0 bridgehead atoms. The standard InChI is InChI=1S/C18H26N4OS/c1-14(2)12-22(10-9-21(3)4)17(23)11-15-13-24-18(20-15)16-7-5-6-8-19-16/h5-8,13-14H,9-12H2,1-4H3. The molecule has 0 radical (unpaired) electrons. The van der Waals surface area contributed by atoms with E-state index in [-0.39, 0.29) is 5.91 Å². The molecule has 6 heteroatoms. The second kappa shape index (κ2) is 8.89. The van der Waals surface area contributed by atoms with E-state index < -0.39 is 0 Å².